The average molecular weight is 391 g/mol. The van der Waals surface area contributed by atoms with Gasteiger partial charge in [-0.3, -0.25) is 9.59 Å². The molecule has 2 amide bonds. The SMILES string of the molecule is CN(c1ccccc1)c1ccccc1NC(=O)CNC(=O)Cc1cccc(F)c1. The van der Waals surface area contributed by atoms with E-state index in [0.717, 1.165) is 11.4 Å². The molecule has 2 N–H and O–H groups in total. The van der Waals surface area contributed by atoms with E-state index in [-0.39, 0.29) is 24.8 Å². The normalized spacial score (nSPS) is 10.3. The molecule has 3 aromatic rings. The molecule has 0 unspecified atom stereocenters. The second kappa shape index (κ2) is 9.50. The highest BCUT2D eigenvalue weighted by Crippen LogP contribution is 2.30. The number of nitrogens with zero attached hydrogens (tertiary/aromatic N) is 1. The zero-order valence-electron chi connectivity index (χ0n) is 16.1. The molecule has 0 aliphatic rings. The summed E-state index contributed by atoms with van der Waals surface area (Å²) in [5, 5.41) is 5.40. The van der Waals surface area contributed by atoms with E-state index in [1.807, 2.05) is 60.5 Å². The van der Waals surface area contributed by atoms with Crippen molar-refractivity contribution in [3.8, 4) is 0 Å². The molecule has 0 heterocycles. The topological polar surface area (TPSA) is 61.4 Å². The molecule has 0 atom stereocenters. The number of carbonyl (C=O) groups is 2. The van der Waals surface area contributed by atoms with Crippen LogP contribution in [-0.4, -0.2) is 25.4 Å². The Morgan fingerprint density at radius 2 is 1.62 bits per heavy atom. The molecule has 148 valence electrons. The third kappa shape index (κ3) is 5.65. The summed E-state index contributed by atoms with van der Waals surface area (Å²) in [7, 11) is 1.92. The summed E-state index contributed by atoms with van der Waals surface area (Å²) in [6, 6.07) is 23.1. The van der Waals surface area contributed by atoms with Crippen LogP contribution in [0, 0.1) is 5.82 Å². The van der Waals surface area contributed by atoms with Crippen LogP contribution in [0.3, 0.4) is 0 Å². The summed E-state index contributed by atoms with van der Waals surface area (Å²) in [6.45, 7) is -0.169. The lowest BCUT2D eigenvalue weighted by molar-refractivity contribution is -0.123. The van der Waals surface area contributed by atoms with E-state index in [1.165, 1.54) is 12.1 Å². The smallest absolute Gasteiger partial charge is 0.243 e. The summed E-state index contributed by atoms with van der Waals surface area (Å²) < 4.78 is 13.2. The van der Waals surface area contributed by atoms with Gasteiger partial charge >= 0.3 is 0 Å². The second-order valence-corrected chi connectivity index (χ2v) is 6.54. The fraction of sp³-hybridized carbons (Fsp3) is 0.130. The van der Waals surface area contributed by atoms with Gasteiger partial charge in [0.15, 0.2) is 0 Å². The van der Waals surface area contributed by atoms with Crippen LogP contribution in [0.15, 0.2) is 78.9 Å². The van der Waals surface area contributed by atoms with Crippen molar-refractivity contribution in [3.05, 3.63) is 90.2 Å². The van der Waals surface area contributed by atoms with Crippen molar-refractivity contribution in [2.75, 3.05) is 23.8 Å². The number of hydrogen-bond donors (Lipinski definition) is 2. The van der Waals surface area contributed by atoms with Crippen molar-refractivity contribution >= 4 is 28.9 Å². The molecule has 0 bridgehead atoms. The fourth-order valence-electron chi connectivity index (χ4n) is 2.93. The number of benzene rings is 3. The number of carbonyl (C=O) groups excluding carboxylic acids is 2. The lowest BCUT2D eigenvalue weighted by Crippen LogP contribution is -2.34. The summed E-state index contributed by atoms with van der Waals surface area (Å²) >= 11 is 0. The Hall–Kier alpha value is -3.67. The zero-order chi connectivity index (χ0) is 20.6. The van der Waals surface area contributed by atoms with Crippen molar-refractivity contribution < 1.29 is 14.0 Å². The van der Waals surface area contributed by atoms with E-state index < -0.39 is 5.82 Å². The Bertz CT molecular complexity index is 992. The quantitative estimate of drug-likeness (QED) is 0.642. The van der Waals surface area contributed by atoms with Gasteiger partial charge in [0, 0.05) is 12.7 Å². The summed E-state index contributed by atoms with van der Waals surface area (Å²) in [5.41, 5.74) is 3.01. The van der Waals surface area contributed by atoms with Gasteiger partial charge in [0.2, 0.25) is 11.8 Å². The Labute approximate surface area is 169 Å². The third-order valence-corrected chi connectivity index (χ3v) is 4.38. The fourth-order valence-corrected chi connectivity index (χ4v) is 2.93. The number of rotatable bonds is 7. The number of amides is 2. The standard InChI is InChI=1S/C23H22FN3O2/c1-27(19-10-3-2-4-11-19)21-13-6-5-12-20(21)26-23(29)16-25-22(28)15-17-8-7-9-18(24)14-17/h2-14H,15-16H2,1H3,(H,25,28)(H,26,29). The maximum absolute atomic E-state index is 13.2. The van der Waals surface area contributed by atoms with Gasteiger partial charge in [-0.15, -0.1) is 0 Å². The Kier molecular flexibility index (Phi) is 6.58. The largest absolute Gasteiger partial charge is 0.347 e. The minimum Gasteiger partial charge on any atom is -0.347 e. The summed E-state index contributed by atoms with van der Waals surface area (Å²) in [6.07, 6.45) is 0.0123. The van der Waals surface area contributed by atoms with Crippen LogP contribution >= 0.6 is 0 Å². The first-order valence-corrected chi connectivity index (χ1v) is 9.22. The van der Waals surface area contributed by atoms with Crippen LogP contribution in [0.4, 0.5) is 21.5 Å². The highest BCUT2D eigenvalue weighted by Gasteiger charge is 2.12. The van der Waals surface area contributed by atoms with Crippen molar-refractivity contribution in [2.45, 2.75) is 6.42 Å². The minimum atomic E-state index is -0.396. The van der Waals surface area contributed by atoms with Crippen molar-refractivity contribution in [2.24, 2.45) is 0 Å². The highest BCUT2D eigenvalue weighted by atomic mass is 19.1. The van der Waals surface area contributed by atoms with Crippen LogP contribution < -0.4 is 15.5 Å². The number of halogens is 1. The molecule has 0 aromatic heterocycles. The molecule has 0 spiro atoms. The predicted molar refractivity (Wildman–Crippen MR) is 113 cm³/mol. The van der Waals surface area contributed by atoms with E-state index in [0.29, 0.717) is 11.3 Å². The lowest BCUT2D eigenvalue weighted by atomic mass is 10.1. The molecule has 0 saturated heterocycles. The maximum atomic E-state index is 13.2. The molecule has 0 fully saturated rings. The number of para-hydroxylation sites is 3. The Morgan fingerprint density at radius 3 is 2.38 bits per heavy atom. The molecule has 6 heteroatoms. The molecule has 3 aromatic carbocycles. The van der Waals surface area contributed by atoms with Gasteiger partial charge in [0.25, 0.3) is 0 Å². The highest BCUT2D eigenvalue weighted by molar-refractivity contribution is 5.98. The summed E-state index contributed by atoms with van der Waals surface area (Å²) in [5.74, 6) is -1.08. The van der Waals surface area contributed by atoms with Gasteiger partial charge in [-0.2, -0.15) is 0 Å². The van der Waals surface area contributed by atoms with Crippen LogP contribution in [-0.2, 0) is 16.0 Å². The lowest BCUT2D eigenvalue weighted by Gasteiger charge is -2.22. The van der Waals surface area contributed by atoms with E-state index in [4.69, 9.17) is 0 Å². The minimum absolute atomic E-state index is 0.0123. The third-order valence-electron chi connectivity index (χ3n) is 4.38. The van der Waals surface area contributed by atoms with Gasteiger partial charge in [-0.1, -0.05) is 42.5 Å². The van der Waals surface area contributed by atoms with Crippen molar-refractivity contribution in [1.29, 1.82) is 0 Å². The first-order valence-electron chi connectivity index (χ1n) is 9.22. The van der Waals surface area contributed by atoms with Gasteiger partial charge in [-0.05, 0) is 42.0 Å². The monoisotopic (exact) mass is 391 g/mol. The number of anilines is 3. The first kappa shape index (κ1) is 20.1. The van der Waals surface area contributed by atoms with Gasteiger partial charge in [0.1, 0.15) is 5.82 Å². The summed E-state index contributed by atoms with van der Waals surface area (Å²) in [4.78, 5) is 26.3. The molecule has 0 aliphatic carbocycles. The first-order chi connectivity index (χ1) is 14.0. The van der Waals surface area contributed by atoms with E-state index >= 15 is 0 Å². The molecule has 0 radical (unpaired) electrons. The number of hydrogen-bond acceptors (Lipinski definition) is 3. The maximum Gasteiger partial charge on any atom is 0.243 e. The van der Waals surface area contributed by atoms with Crippen LogP contribution in [0.2, 0.25) is 0 Å². The van der Waals surface area contributed by atoms with E-state index in [9.17, 15) is 14.0 Å². The van der Waals surface area contributed by atoms with Crippen LogP contribution in [0.1, 0.15) is 5.56 Å². The Balaban J connectivity index is 1.59. The molecule has 0 saturated carbocycles. The van der Waals surface area contributed by atoms with E-state index in [2.05, 4.69) is 10.6 Å². The van der Waals surface area contributed by atoms with Crippen LogP contribution in [0.5, 0.6) is 0 Å². The van der Waals surface area contributed by atoms with Gasteiger partial charge in [0.05, 0.1) is 24.3 Å². The van der Waals surface area contributed by atoms with E-state index in [1.54, 1.807) is 18.2 Å². The van der Waals surface area contributed by atoms with Gasteiger partial charge < -0.3 is 15.5 Å². The zero-order valence-corrected chi connectivity index (χ0v) is 16.1. The molecular weight excluding hydrogens is 369 g/mol. The van der Waals surface area contributed by atoms with Gasteiger partial charge in [-0.25, -0.2) is 4.39 Å². The molecule has 0 aliphatic heterocycles. The molecular formula is C23H22FN3O2. The second-order valence-electron chi connectivity index (χ2n) is 6.54. The molecule has 5 nitrogen and oxygen atoms in total. The Morgan fingerprint density at radius 1 is 0.897 bits per heavy atom. The van der Waals surface area contributed by atoms with Crippen molar-refractivity contribution in [3.63, 3.8) is 0 Å². The number of nitrogens with one attached hydrogen (secondary N) is 2. The average Bonchev–Trinajstić information content (AvgIpc) is 2.73. The molecule has 3 rings (SSSR count). The van der Waals surface area contributed by atoms with Crippen molar-refractivity contribution in [1.82, 2.24) is 5.32 Å². The van der Waals surface area contributed by atoms with Crippen LogP contribution in [0.25, 0.3) is 0 Å². The predicted octanol–water partition coefficient (Wildman–Crippen LogP) is 3.89. The molecule has 29 heavy (non-hydrogen) atoms.